The first-order valence-corrected chi connectivity index (χ1v) is 6.86. The molecule has 0 aliphatic carbocycles. The average Bonchev–Trinajstić information content (AvgIpc) is 2.84. The molecule has 0 aliphatic rings. The van der Waals surface area contributed by atoms with Crippen LogP contribution in [-0.2, 0) is 0 Å². The molecule has 2 N–H and O–H groups in total. The van der Waals surface area contributed by atoms with Gasteiger partial charge >= 0.3 is 0 Å². The first-order valence-electron chi connectivity index (χ1n) is 6.49. The van der Waals surface area contributed by atoms with Crippen LogP contribution in [0.3, 0.4) is 0 Å². The molecule has 0 saturated heterocycles. The summed E-state index contributed by atoms with van der Waals surface area (Å²) in [5, 5.41) is 10.5. The number of nitrogens with zero attached hydrogens (tertiary/aromatic N) is 5. The van der Waals surface area contributed by atoms with E-state index < -0.39 is 0 Å². The molecular weight excluding hydrogens is 290 g/mol. The van der Waals surface area contributed by atoms with Gasteiger partial charge < -0.3 is 10.6 Å². The van der Waals surface area contributed by atoms with E-state index in [9.17, 15) is 0 Å². The number of anilines is 3. The van der Waals surface area contributed by atoms with Gasteiger partial charge in [-0.25, -0.2) is 4.52 Å². The Labute approximate surface area is 126 Å². The predicted molar refractivity (Wildman–Crippen MR) is 82.1 cm³/mol. The summed E-state index contributed by atoms with van der Waals surface area (Å²) in [6.45, 7) is 3.99. The van der Waals surface area contributed by atoms with E-state index >= 15 is 0 Å². The molecule has 3 heterocycles. The van der Waals surface area contributed by atoms with E-state index in [0.29, 0.717) is 11.9 Å². The predicted octanol–water partition coefficient (Wildman–Crippen LogP) is 2.74. The fourth-order valence-electron chi connectivity index (χ4n) is 1.85. The van der Waals surface area contributed by atoms with E-state index in [1.165, 1.54) is 0 Å². The summed E-state index contributed by atoms with van der Waals surface area (Å²) in [6.07, 6.45) is 3.59. The molecule has 0 atom stereocenters. The maximum Gasteiger partial charge on any atom is 0.233 e. The molecule has 0 aromatic carbocycles. The summed E-state index contributed by atoms with van der Waals surface area (Å²) in [5.74, 6) is 0.817. The monoisotopic (exact) mass is 303 g/mol. The van der Waals surface area contributed by atoms with Crippen molar-refractivity contribution in [3.8, 4) is 0 Å². The second-order valence-corrected chi connectivity index (χ2v) is 5.13. The van der Waals surface area contributed by atoms with Gasteiger partial charge in [-0.15, -0.1) is 0 Å². The molecule has 3 rings (SSSR count). The molecule has 108 valence electrons. The van der Waals surface area contributed by atoms with Gasteiger partial charge in [-0.05, 0) is 43.6 Å². The summed E-state index contributed by atoms with van der Waals surface area (Å²) in [7, 11) is 0. The Morgan fingerprint density at radius 3 is 2.71 bits per heavy atom. The molecule has 3 aromatic rings. The summed E-state index contributed by atoms with van der Waals surface area (Å²) in [6, 6.07) is 6.00. The van der Waals surface area contributed by atoms with E-state index in [0.717, 1.165) is 11.2 Å². The van der Waals surface area contributed by atoms with Crippen molar-refractivity contribution < 1.29 is 0 Å². The van der Waals surface area contributed by atoms with Crippen molar-refractivity contribution in [3.63, 3.8) is 0 Å². The van der Waals surface area contributed by atoms with Crippen LogP contribution in [0.1, 0.15) is 13.8 Å². The number of hydrogen-bond donors (Lipinski definition) is 2. The smallest absolute Gasteiger partial charge is 0.233 e. The molecule has 0 aliphatic heterocycles. The molecular formula is C13H14ClN7. The summed E-state index contributed by atoms with van der Waals surface area (Å²) < 4.78 is 1.76. The summed E-state index contributed by atoms with van der Waals surface area (Å²) >= 11 is 5.92. The molecule has 0 saturated carbocycles. The lowest BCUT2D eigenvalue weighted by atomic mass is 10.4. The van der Waals surface area contributed by atoms with Crippen LogP contribution in [0.5, 0.6) is 0 Å². The molecule has 0 spiro atoms. The van der Waals surface area contributed by atoms with Gasteiger partial charge in [0.2, 0.25) is 17.2 Å². The Hall–Kier alpha value is -2.41. The van der Waals surface area contributed by atoms with Crippen LogP contribution in [0.2, 0.25) is 5.28 Å². The van der Waals surface area contributed by atoms with Crippen LogP contribution < -0.4 is 10.6 Å². The first kappa shape index (κ1) is 13.6. The third kappa shape index (κ3) is 3.19. The number of halogens is 1. The van der Waals surface area contributed by atoms with Gasteiger partial charge in [-0.1, -0.05) is 0 Å². The van der Waals surface area contributed by atoms with E-state index in [2.05, 4.69) is 30.7 Å². The van der Waals surface area contributed by atoms with Crippen LogP contribution in [0.4, 0.5) is 17.6 Å². The topological polar surface area (TPSA) is 80.0 Å². The van der Waals surface area contributed by atoms with Gasteiger partial charge in [0.15, 0.2) is 0 Å². The van der Waals surface area contributed by atoms with Crippen molar-refractivity contribution in [3.05, 3.63) is 35.9 Å². The number of hydrogen-bond acceptors (Lipinski definition) is 6. The Bertz CT molecular complexity index is 768. The SMILES string of the molecule is CC(C)Nc1nc(Cl)nc(Nc2ccc3ccnn3c2)n1. The van der Waals surface area contributed by atoms with Crippen molar-refractivity contribution >= 4 is 34.7 Å². The van der Waals surface area contributed by atoms with Crippen LogP contribution in [0.25, 0.3) is 5.52 Å². The van der Waals surface area contributed by atoms with Crippen LogP contribution >= 0.6 is 11.6 Å². The lowest BCUT2D eigenvalue weighted by Crippen LogP contribution is -2.14. The van der Waals surface area contributed by atoms with Gasteiger partial charge in [0.05, 0.1) is 17.4 Å². The minimum atomic E-state index is 0.135. The zero-order valence-corrected chi connectivity index (χ0v) is 12.3. The average molecular weight is 304 g/mol. The third-order valence-corrected chi connectivity index (χ3v) is 2.85. The van der Waals surface area contributed by atoms with Gasteiger partial charge in [0.1, 0.15) is 0 Å². The van der Waals surface area contributed by atoms with E-state index in [1.807, 2.05) is 38.2 Å². The van der Waals surface area contributed by atoms with Gasteiger partial charge in [0, 0.05) is 12.2 Å². The van der Waals surface area contributed by atoms with Crippen molar-refractivity contribution in [2.24, 2.45) is 0 Å². The zero-order valence-electron chi connectivity index (χ0n) is 11.6. The fraction of sp³-hybridized carbons (Fsp3) is 0.231. The molecule has 8 heteroatoms. The van der Waals surface area contributed by atoms with Gasteiger partial charge in [-0.3, -0.25) is 0 Å². The Balaban J connectivity index is 1.87. The molecule has 7 nitrogen and oxygen atoms in total. The molecule has 0 unspecified atom stereocenters. The van der Waals surface area contributed by atoms with Gasteiger partial charge in [0.25, 0.3) is 0 Å². The molecule has 0 bridgehead atoms. The highest BCUT2D eigenvalue weighted by Gasteiger charge is 2.07. The Morgan fingerprint density at radius 1 is 1.10 bits per heavy atom. The lowest BCUT2D eigenvalue weighted by Gasteiger charge is -2.10. The molecule has 3 aromatic heterocycles. The fourth-order valence-corrected chi connectivity index (χ4v) is 2.01. The van der Waals surface area contributed by atoms with Crippen molar-refractivity contribution in [1.82, 2.24) is 24.6 Å². The normalized spacial score (nSPS) is 11.0. The highest BCUT2D eigenvalue weighted by molar-refractivity contribution is 6.28. The van der Waals surface area contributed by atoms with Crippen LogP contribution in [0, 0.1) is 0 Å². The van der Waals surface area contributed by atoms with Crippen LogP contribution in [0.15, 0.2) is 30.6 Å². The van der Waals surface area contributed by atoms with E-state index in [-0.39, 0.29) is 11.3 Å². The molecule has 21 heavy (non-hydrogen) atoms. The first-order chi connectivity index (χ1) is 10.1. The third-order valence-electron chi connectivity index (χ3n) is 2.68. The molecule has 0 fully saturated rings. The van der Waals surface area contributed by atoms with Crippen molar-refractivity contribution in [2.45, 2.75) is 19.9 Å². The molecule has 0 amide bonds. The zero-order chi connectivity index (χ0) is 14.8. The number of fused-ring (bicyclic) bond motifs is 1. The highest BCUT2D eigenvalue weighted by Crippen LogP contribution is 2.17. The summed E-state index contributed by atoms with van der Waals surface area (Å²) in [4.78, 5) is 12.4. The Kier molecular flexibility index (Phi) is 3.57. The second kappa shape index (κ2) is 5.53. The maximum absolute atomic E-state index is 5.92. The quantitative estimate of drug-likeness (QED) is 0.771. The van der Waals surface area contributed by atoms with E-state index in [4.69, 9.17) is 11.6 Å². The maximum atomic E-state index is 5.92. The lowest BCUT2D eigenvalue weighted by molar-refractivity contribution is 0.868. The van der Waals surface area contributed by atoms with Crippen molar-refractivity contribution in [2.75, 3.05) is 10.6 Å². The van der Waals surface area contributed by atoms with Crippen LogP contribution in [-0.4, -0.2) is 30.6 Å². The highest BCUT2D eigenvalue weighted by atomic mass is 35.5. The van der Waals surface area contributed by atoms with E-state index in [1.54, 1.807) is 10.7 Å². The number of pyridine rings is 1. The second-order valence-electron chi connectivity index (χ2n) is 4.79. The number of rotatable bonds is 4. The standard InChI is InChI=1S/C13H14ClN7/c1-8(2)16-12-18-11(14)19-13(20-12)17-9-3-4-10-5-6-15-21(10)7-9/h3-8H,1-2H3,(H2,16,17,18,19,20). The van der Waals surface area contributed by atoms with Gasteiger partial charge in [-0.2, -0.15) is 20.1 Å². The largest absolute Gasteiger partial charge is 0.352 e. The Morgan fingerprint density at radius 2 is 1.90 bits per heavy atom. The van der Waals surface area contributed by atoms with Crippen molar-refractivity contribution in [1.29, 1.82) is 0 Å². The molecule has 0 radical (unpaired) electrons. The number of nitrogens with one attached hydrogen (secondary N) is 2. The summed E-state index contributed by atoms with van der Waals surface area (Å²) in [5.41, 5.74) is 1.82. The number of aromatic nitrogens is 5. The minimum Gasteiger partial charge on any atom is -0.352 e. The minimum absolute atomic E-state index is 0.135.